The van der Waals surface area contributed by atoms with E-state index in [1.54, 1.807) is 19.1 Å². The van der Waals surface area contributed by atoms with E-state index in [2.05, 4.69) is 5.92 Å². The number of hydrogen-bond donors (Lipinski definition) is 0. The third-order valence-corrected chi connectivity index (χ3v) is 3.10. The number of aldehydes is 1. The van der Waals surface area contributed by atoms with E-state index in [-0.39, 0.29) is 12.5 Å². The Morgan fingerprint density at radius 2 is 2.29 bits per heavy atom. The summed E-state index contributed by atoms with van der Waals surface area (Å²) < 4.78 is 11.3. The maximum Gasteiger partial charge on any atom is 0.268 e. The summed E-state index contributed by atoms with van der Waals surface area (Å²) >= 11 is 0. The molecule has 1 aromatic carbocycles. The molecule has 0 aromatic heterocycles. The molecule has 0 N–H and O–H groups in total. The van der Waals surface area contributed by atoms with Crippen LogP contribution in [0.15, 0.2) is 12.1 Å². The van der Waals surface area contributed by atoms with Crippen LogP contribution in [0.1, 0.15) is 30.6 Å². The van der Waals surface area contributed by atoms with Crippen LogP contribution in [0.4, 0.5) is 5.69 Å². The van der Waals surface area contributed by atoms with Gasteiger partial charge < -0.3 is 9.47 Å². The monoisotopic (exact) mass is 287 g/mol. The van der Waals surface area contributed by atoms with Crippen LogP contribution in [0, 0.1) is 12.3 Å². The topological polar surface area (TPSA) is 55.8 Å². The Kier molecular flexibility index (Phi) is 4.49. The summed E-state index contributed by atoms with van der Waals surface area (Å²) in [5.41, 5.74) is 0.889. The molecule has 1 atom stereocenters. The second-order valence-electron chi connectivity index (χ2n) is 4.72. The molecule has 5 heteroatoms. The van der Waals surface area contributed by atoms with Gasteiger partial charge in [-0.25, -0.2) is 0 Å². The summed E-state index contributed by atoms with van der Waals surface area (Å²) in [5.74, 6) is 3.13. The van der Waals surface area contributed by atoms with Gasteiger partial charge in [-0.3, -0.25) is 14.5 Å². The van der Waals surface area contributed by atoms with Crippen molar-refractivity contribution in [3.05, 3.63) is 17.7 Å². The van der Waals surface area contributed by atoms with E-state index in [4.69, 9.17) is 15.9 Å². The molecule has 110 valence electrons. The number of fused-ring (bicyclic) bond motifs is 1. The van der Waals surface area contributed by atoms with Gasteiger partial charge in [-0.1, -0.05) is 12.8 Å². The fourth-order valence-corrected chi connectivity index (χ4v) is 2.13. The molecule has 0 saturated heterocycles. The predicted octanol–water partition coefficient (Wildman–Crippen LogP) is 2.04. The van der Waals surface area contributed by atoms with E-state index in [0.717, 1.165) is 6.42 Å². The van der Waals surface area contributed by atoms with Crippen LogP contribution in [-0.2, 0) is 4.79 Å². The Labute approximate surface area is 123 Å². The number of benzene rings is 1. The largest absolute Gasteiger partial charge is 0.490 e. The van der Waals surface area contributed by atoms with Crippen molar-refractivity contribution in [3.63, 3.8) is 0 Å². The normalized spacial score (nSPS) is 16.7. The van der Waals surface area contributed by atoms with Gasteiger partial charge >= 0.3 is 0 Å². The first kappa shape index (κ1) is 14.9. The molecule has 0 fully saturated rings. The molecule has 2 rings (SSSR count). The first-order valence-corrected chi connectivity index (χ1v) is 6.79. The number of hydrogen-bond acceptors (Lipinski definition) is 4. The van der Waals surface area contributed by atoms with Gasteiger partial charge in [0, 0.05) is 5.56 Å². The fourth-order valence-electron chi connectivity index (χ4n) is 2.13. The highest BCUT2D eigenvalue weighted by molar-refractivity contribution is 6.01. The third kappa shape index (κ3) is 2.84. The Bertz CT molecular complexity index is 603. The van der Waals surface area contributed by atoms with E-state index < -0.39 is 6.10 Å². The lowest BCUT2D eigenvalue weighted by Gasteiger charge is -2.33. The van der Waals surface area contributed by atoms with Crippen molar-refractivity contribution < 1.29 is 19.1 Å². The zero-order valence-corrected chi connectivity index (χ0v) is 12.1. The van der Waals surface area contributed by atoms with E-state index in [9.17, 15) is 9.59 Å². The zero-order chi connectivity index (χ0) is 15.4. The molecule has 0 aliphatic carbocycles. The minimum Gasteiger partial charge on any atom is -0.490 e. The van der Waals surface area contributed by atoms with Crippen LogP contribution in [0.3, 0.4) is 0 Å². The third-order valence-electron chi connectivity index (χ3n) is 3.10. The quantitative estimate of drug-likeness (QED) is 0.614. The number of ether oxygens (including phenoxy) is 2. The van der Waals surface area contributed by atoms with E-state index >= 15 is 0 Å². The average molecular weight is 287 g/mol. The summed E-state index contributed by atoms with van der Waals surface area (Å²) in [6, 6.07) is 3.19. The molecule has 1 aromatic rings. The summed E-state index contributed by atoms with van der Waals surface area (Å²) in [7, 11) is 0. The van der Waals surface area contributed by atoms with Crippen molar-refractivity contribution in [3.8, 4) is 23.8 Å². The Morgan fingerprint density at radius 3 is 2.90 bits per heavy atom. The minimum atomic E-state index is -0.642. The lowest BCUT2D eigenvalue weighted by molar-refractivity contribution is -0.125. The Morgan fingerprint density at radius 1 is 1.52 bits per heavy atom. The van der Waals surface area contributed by atoms with Crippen LogP contribution < -0.4 is 14.4 Å². The lowest BCUT2D eigenvalue weighted by atomic mass is 10.1. The first-order chi connectivity index (χ1) is 10.1. The van der Waals surface area contributed by atoms with Crippen molar-refractivity contribution in [1.29, 1.82) is 0 Å². The summed E-state index contributed by atoms with van der Waals surface area (Å²) in [4.78, 5) is 24.7. The lowest BCUT2D eigenvalue weighted by Crippen LogP contribution is -2.44. The van der Waals surface area contributed by atoms with Gasteiger partial charge in [0.15, 0.2) is 17.6 Å². The molecule has 1 aliphatic heterocycles. The fraction of sp³-hybridized carbons (Fsp3) is 0.375. The molecule has 1 heterocycles. The van der Waals surface area contributed by atoms with Crippen molar-refractivity contribution in [1.82, 2.24) is 0 Å². The molecule has 1 aliphatic rings. The first-order valence-electron chi connectivity index (χ1n) is 6.79. The summed E-state index contributed by atoms with van der Waals surface area (Å²) in [6.45, 7) is 4.25. The van der Waals surface area contributed by atoms with Crippen molar-refractivity contribution in [2.45, 2.75) is 26.4 Å². The van der Waals surface area contributed by atoms with Gasteiger partial charge in [-0.05, 0) is 25.5 Å². The van der Waals surface area contributed by atoms with Crippen LogP contribution >= 0.6 is 0 Å². The molecule has 0 bridgehead atoms. The molecular formula is C16H17NO4. The zero-order valence-electron chi connectivity index (χ0n) is 12.1. The van der Waals surface area contributed by atoms with Gasteiger partial charge in [0.2, 0.25) is 0 Å². The average Bonchev–Trinajstić information content (AvgIpc) is 2.49. The number of terminal acetylenes is 1. The van der Waals surface area contributed by atoms with Crippen molar-refractivity contribution in [2.75, 3.05) is 18.1 Å². The molecule has 0 spiro atoms. The van der Waals surface area contributed by atoms with Gasteiger partial charge in [0.1, 0.15) is 6.29 Å². The summed E-state index contributed by atoms with van der Waals surface area (Å²) in [5, 5.41) is 0. The van der Waals surface area contributed by atoms with Crippen molar-refractivity contribution >= 4 is 17.9 Å². The van der Waals surface area contributed by atoms with Gasteiger partial charge in [0.25, 0.3) is 5.91 Å². The van der Waals surface area contributed by atoms with Gasteiger partial charge in [-0.15, -0.1) is 6.42 Å². The molecule has 0 radical (unpaired) electrons. The number of anilines is 1. The van der Waals surface area contributed by atoms with Gasteiger partial charge in [-0.2, -0.15) is 0 Å². The second kappa shape index (κ2) is 6.31. The molecule has 1 amide bonds. The van der Waals surface area contributed by atoms with Crippen LogP contribution in [-0.4, -0.2) is 31.4 Å². The van der Waals surface area contributed by atoms with Crippen LogP contribution in [0.2, 0.25) is 0 Å². The highest BCUT2D eigenvalue weighted by Crippen LogP contribution is 2.42. The predicted molar refractivity (Wildman–Crippen MR) is 78.9 cm³/mol. The SMILES string of the molecule is C#CCN1C(=O)C(C)Oc2c(OCCC)cc(C=O)cc21. The van der Waals surface area contributed by atoms with Crippen molar-refractivity contribution in [2.24, 2.45) is 0 Å². The highest BCUT2D eigenvalue weighted by atomic mass is 16.5. The number of rotatable bonds is 5. The van der Waals surface area contributed by atoms with E-state index in [0.29, 0.717) is 35.6 Å². The standard InChI is InChI=1S/C16H17NO4/c1-4-6-17-13-8-12(10-18)9-14(20-7-5-2)15(13)21-11(3)16(17)19/h1,8-11H,5-7H2,2-3H3. The van der Waals surface area contributed by atoms with E-state index in [1.807, 2.05) is 6.92 Å². The minimum absolute atomic E-state index is 0.120. The molecule has 0 saturated carbocycles. The molecule has 5 nitrogen and oxygen atoms in total. The van der Waals surface area contributed by atoms with Gasteiger partial charge in [0.05, 0.1) is 18.8 Å². The summed E-state index contributed by atoms with van der Waals surface area (Å²) in [6.07, 6.45) is 6.21. The Hall–Kier alpha value is -2.48. The van der Waals surface area contributed by atoms with E-state index in [1.165, 1.54) is 4.90 Å². The molecule has 1 unspecified atom stereocenters. The number of nitrogens with zero attached hydrogens (tertiary/aromatic N) is 1. The highest BCUT2D eigenvalue weighted by Gasteiger charge is 2.33. The van der Waals surface area contributed by atoms with Crippen LogP contribution in [0.5, 0.6) is 11.5 Å². The number of carbonyl (C=O) groups is 2. The maximum atomic E-state index is 12.2. The molecular weight excluding hydrogens is 270 g/mol. The second-order valence-corrected chi connectivity index (χ2v) is 4.72. The number of amides is 1. The number of carbonyl (C=O) groups excluding carboxylic acids is 2. The van der Waals surface area contributed by atoms with Crippen LogP contribution in [0.25, 0.3) is 0 Å². The molecule has 21 heavy (non-hydrogen) atoms. The maximum absolute atomic E-state index is 12.2. The smallest absolute Gasteiger partial charge is 0.268 e. The Balaban J connectivity index is 2.55.